The summed E-state index contributed by atoms with van der Waals surface area (Å²) in [5, 5.41) is 11.0. The van der Waals surface area contributed by atoms with Gasteiger partial charge in [0.1, 0.15) is 0 Å². The van der Waals surface area contributed by atoms with E-state index in [1.165, 1.54) is 16.5 Å². The first-order chi connectivity index (χ1) is 12.8. The molecule has 0 N–H and O–H groups in total. The van der Waals surface area contributed by atoms with Crippen LogP contribution in [0.2, 0.25) is 0 Å². The van der Waals surface area contributed by atoms with Gasteiger partial charge in [-0.25, -0.2) is 0 Å². The molecule has 4 aromatic rings. The van der Waals surface area contributed by atoms with Crippen LogP contribution in [0.25, 0.3) is 22.3 Å². The molecule has 0 saturated carbocycles. The Hall–Kier alpha value is -2.66. The molecule has 0 fully saturated rings. The van der Waals surface area contributed by atoms with Gasteiger partial charge in [-0.3, -0.25) is 4.98 Å². The Kier molecular flexibility index (Phi) is 4.71. The van der Waals surface area contributed by atoms with Gasteiger partial charge in [0.05, 0.1) is 5.52 Å². The Bertz CT molecular complexity index is 1050. The van der Waals surface area contributed by atoms with Crippen LogP contribution in [0.15, 0.2) is 66.0 Å². The van der Waals surface area contributed by atoms with E-state index in [0.717, 1.165) is 34.4 Å². The Morgan fingerprint density at radius 3 is 2.65 bits per heavy atom. The normalized spacial score (nSPS) is 11.2. The SMILES string of the molecule is CCn1c(SCc2cccc3cccnc23)nnc1-c1ccccc1C. The first-order valence-electron chi connectivity index (χ1n) is 8.72. The van der Waals surface area contributed by atoms with Gasteiger partial charge in [-0.2, -0.15) is 0 Å². The number of aromatic nitrogens is 4. The minimum atomic E-state index is 0.820. The number of hydrogen-bond donors (Lipinski definition) is 0. The lowest BCUT2D eigenvalue weighted by Crippen LogP contribution is -2.01. The second-order valence-electron chi connectivity index (χ2n) is 6.15. The summed E-state index contributed by atoms with van der Waals surface area (Å²) < 4.78 is 2.19. The van der Waals surface area contributed by atoms with Crippen molar-refractivity contribution in [3.63, 3.8) is 0 Å². The van der Waals surface area contributed by atoms with E-state index in [1.807, 2.05) is 18.3 Å². The summed E-state index contributed by atoms with van der Waals surface area (Å²) in [6.07, 6.45) is 1.85. The number of nitrogens with zero attached hydrogens (tertiary/aromatic N) is 4. The van der Waals surface area contributed by atoms with E-state index in [4.69, 9.17) is 0 Å². The average molecular weight is 360 g/mol. The third-order valence-electron chi connectivity index (χ3n) is 4.49. The van der Waals surface area contributed by atoms with Crippen molar-refractivity contribution in [2.24, 2.45) is 0 Å². The van der Waals surface area contributed by atoms with Crippen molar-refractivity contribution in [2.45, 2.75) is 31.3 Å². The predicted molar refractivity (Wildman–Crippen MR) is 107 cm³/mol. The van der Waals surface area contributed by atoms with E-state index in [0.29, 0.717) is 0 Å². The maximum Gasteiger partial charge on any atom is 0.191 e. The van der Waals surface area contributed by atoms with Crippen LogP contribution in [0, 0.1) is 6.92 Å². The predicted octanol–water partition coefficient (Wildman–Crippen LogP) is 5.11. The summed E-state index contributed by atoms with van der Waals surface area (Å²) in [7, 11) is 0. The van der Waals surface area contributed by atoms with E-state index in [9.17, 15) is 0 Å². The van der Waals surface area contributed by atoms with Crippen LogP contribution in [0.4, 0.5) is 0 Å². The molecule has 0 saturated heterocycles. The van der Waals surface area contributed by atoms with Crippen LogP contribution in [0.1, 0.15) is 18.1 Å². The summed E-state index contributed by atoms with van der Waals surface area (Å²) in [6, 6.07) is 18.7. The fraction of sp³-hybridized carbons (Fsp3) is 0.190. The summed E-state index contributed by atoms with van der Waals surface area (Å²) in [6.45, 7) is 5.08. The smallest absolute Gasteiger partial charge is 0.191 e. The molecular formula is C21H20N4S. The molecule has 0 aliphatic carbocycles. The molecule has 2 aromatic heterocycles. The van der Waals surface area contributed by atoms with Gasteiger partial charge < -0.3 is 4.57 Å². The summed E-state index contributed by atoms with van der Waals surface area (Å²) in [4.78, 5) is 4.54. The zero-order valence-electron chi connectivity index (χ0n) is 14.9. The number of aryl methyl sites for hydroxylation is 1. The van der Waals surface area contributed by atoms with Gasteiger partial charge in [0.25, 0.3) is 0 Å². The molecular weight excluding hydrogens is 340 g/mol. The Morgan fingerprint density at radius 1 is 0.962 bits per heavy atom. The largest absolute Gasteiger partial charge is 0.302 e. The summed E-state index contributed by atoms with van der Waals surface area (Å²) in [5.74, 6) is 1.75. The standard InChI is InChI=1S/C21H20N4S/c1-3-25-20(18-12-5-4-8-15(18)2)23-24-21(25)26-14-17-10-6-9-16-11-7-13-22-19(16)17/h4-13H,3,14H2,1-2H3. The van der Waals surface area contributed by atoms with Crippen LogP contribution >= 0.6 is 11.8 Å². The van der Waals surface area contributed by atoms with Crippen LogP contribution < -0.4 is 0 Å². The molecule has 26 heavy (non-hydrogen) atoms. The van der Waals surface area contributed by atoms with Crippen molar-refractivity contribution in [3.05, 3.63) is 71.9 Å². The highest BCUT2D eigenvalue weighted by Gasteiger charge is 2.15. The molecule has 2 aromatic carbocycles. The van der Waals surface area contributed by atoms with Crippen LogP contribution in [-0.4, -0.2) is 19.7 Å². The molecule has 0 radical (unpaired) electrons. The minimum absolute atomic E-state index is 0.820. The van der Waals surface area contributed by atoms with Crippen molar-refractivity contribution in [2.75, 3.05) is 0 Å². The number of rotatable bonds is 5. The van der Waals surface area contributed by atoms with Crippen molar-refractivity contribution < 1.29 is 0 Å². The second kappa shape index (κ2) is 7.30. The monoisotopic (exact) mass is 360 g/mol. The Balaban J connectivity index is 1.64. The zero-order chi connectivity index (χ0) is 17.9. The van der Waals surface area contributed by atoms with E-state index in [2.05, 4.69) is 76.1 Å². The highest BCUT2D eigenvalue weighted by Crippen LogP contribution is 2.29. The van der Waals surface area contributed by atoms with E-state index in [-0.39, 0.29) is 0 Å². The molecule has 0 aliphatic rings. The number of thioether (sulfide) groups is 1. The van der Waals surface area contributed by atoms with Crippen LogP contribution in [-0.2, 0) is 12.3 Å². The summed E-state index contributed by atoms with van der Waals surface area (Å²) >= 11 is 1.71. The number of pyridine rings is 1. The zero-order valence-corrected chi connectivity index (χ0v) is 15.7. The van der Waals surface area contributed by atoms with Crippen LogP contribution in [0.5, 0.6) is 0 Å². The van der Waals surface area contributed by atoms with Crippen molar-refractivity contribution >= 4 is 22.7 Å². The molecule has 0 aliphatic heterocycles. The lowest BCUT2D eigenvalue weighted by molar-refractivity contribution is 0.687. The lowest BCUT2D eigenvalue weighted by atomic mass is 10.1. The molecule has 0 atom stereocenters. The second-order valence-corrected chi connectivity index (χ2v) is 7.09. The molecule has 0 bridgehead atoms. The minimum Gasteiger partial charge on any atom is -0.302 e. The average Bonchev–Trinajstić information content (AvgIpc) is 3.09. The fourth-order valence-corrected chi connectivity index (χ4v) is 4.12. The molecule has 0 unspecified atom stereocenters. The molecule has 4 rings (SSSR count). The molecule has 2 heterocycles. The first kappa shape index (κ1) is 16.8. The molecule has 0 amide bonds. The van der Waals surface area contributed by atoms with Gasteiger partial charge in [-0.1, -0.05) is 60.3 Å². The molecule has 130 valence electrons. The summed E-state index contributed by atoms with van der Waals surface area (Å²) in [5.41, 5.74) is 4.63. The van der Waals surface area contributed by atoms with Gasteiger partial charge in [0, 0.05) is 29.4 Å². The lowest BCUT2D eigenvalue weighted by Gasteiger charge is -2.09. The third-order valence-corrected chi connectivity index (χ3v) is 5.51. The number of hydrogen-bond acceptors (Lipinski definition) is 4. The maximum absolute atomic E-state index is 4.54. The van der Waals surface area contributed by atoms with E-state index >= 15 is 0 Å². The number of benzene rings is 2. The third kappa shape index (κ3) is 3.10. The van der Waals surface area contributed by atoms with Gasteiger partial charge >= 0.3 is 0 Å². The number of fused-ring (bicyclic) bond motifs is 1. The highest BCUT2D eigenvalue weighted by molar-refractivity contribution is 7.98. The number of para-hydroxylation sites is 1. The van der Waals surface area contributed by atoms with Crippen molar-refractivity contribution in [1.82, 2.24) is 19.7 Å². The van der Waals surface area contributed by atoms with Crippen molar-refractivity contribution in [3.8, 4) is 11.4 Å². The maximum atomic E-state index is 4.54. The van der Waals surface area contributed by atoms with Gasteiger partial charge in [0.2, 0.25) is 0 Å². The molecule has 0 spiro atoms. The van der Waals surface area contributed by atoms with Gasteiger partial charge in [-0.15, -0.1) is 10.2 Å². The Morgan fingerprint density at radius 2 is 1.81 bits per heavy atom. The van der Waals surface area contributed by atoms with Crippen molar-refractivity contribution in [1.29, 1.82) is 0 Å². The highest BCUT2D eigenvalue weighted by atomic mass is 32.2. The van der Waals surface area contributed by atoms with Gasteiger partial charge in [-0.05, 0) is 31.0 Å². The topological polar surface area (TPSA) is 43.6 Å². The molecule has 5 heteroatoms. The Labute approximate surface area is 157 Å². The quantitative estimate of drug-likeness (QED) is 0.464. The molecule has 4 nitrogen and oxygen atoms in total. The first-order valence-corrected chi connectivity index (χ1v) is 9.71. The van der Waals surface area contributed by atoms with E-state index in [1.54, 1.807) is 11.8 Å². The van der Waals surface area contributed by atoms with Gasteiger partial charge in [0.15, 0.2) is 11.0 Å². The van der Waals surface area contributed by atoms with Crippen LogP contribution in [0.3, 0.4) is 0 Å². The van der Waals surface area contributed by atoms with E-state index < -0.39 is 0 Å². The fourth-order valence-electron chi connectivity index (χ4n) is 3.13.